The fourth-order valence-electron chi connectivity index (χ4n) is 1.45. The first-order valence-corrected chi connectivity index (χ1v) is 6.22. The van der Waals surface area contributed by atoms with E-state index in [4.69, 9.17) is 20.9 Å². The molecule has 0 aliphatic carbocycles. The van der Waals surface area contributed by atoms with Crippen LogP contribution in [0.1, 0.15) is 31.1 Å². The van der Waals surface area contributed by atoms with Crippen molar-refractivity contribution >= 4 is 17.3 Å². The minimum absolute atomic E-state index is 0.0409. The highest BCUT2D eigenvalue weighted by Crippen LogP contribution is 2.18. The number of aromatic hydroxyl groups is 1. The highest BCUT2D eigenvalue weighted by Gasteiger charge is 2.16. The summed E-state index contributed by atoms with van der Waals surface area (Å²) in [5, 5.41) is 13.7. The summed E-state index contributed by atoms with van der Waals surface area (Å²) in [7, 11) is 0. The van der Waals surface area contributed by atoms with E-state index < -0.39 is 5.63 Å². The lowest BCUT2D eigenvalue weighted by molar-refractivity contribution is 0.158. The molecule has 0 fully saturated rings. The molecule has 0 bridgehead atoms. The van der Waals surface area contributed by atoms with Crippen LogP contribution in [-0.2, 0) is 4.84 Å². The Morgan fingerprint density at radius 2 is 2.33 bits per heavy atom. The van der Waals surface area contributed by atoms with Gasteiger partial charge in [0, 0.05) is 11.9 Å². The van der Waals surface area contributed by atoms with Gasteiger partial charge in [-0.05, 0) is 26.7 Å². The van der Waals surface area contributed by atoms with Crippen LogP contribution in [0.3, 0.4) is 0 Å². The van der Waals surface area contributed by atoms with Gasteiger partial charge in [-0.3, -0.25) is 0 Å². The zero-order valence-corrected chi connectivity index (χ0v) is 11.2. The van der Waals surface area contributed by atoms with Crippen LogP contribution in [0.15, 0.2) is 20.4 Å². The Bertz CT molecular complexity index is 481. The minimum atomic E-state index is -0.625. The van der Waals surface area contributed by atoms with Crippen LogP contribution in [0.5, 0.6) is 5.75 Å². The SMILES string of the molecule is CCON=C(CCCCl)c1c(O)cc(C)oc1=O. The molecule has 1 aromatic rings. The first-order chi connectivity index (χ1) is 8.60. The fraction of sp³-hybridized carbons (Fsp3) is 0.500. The van der Waals surface area contributed by atoms with Crippen molar-refractivity contribution in [3.05, 3.63) is 27.8 Å². The first kappa shape index (κ1) is 14.6. The van der Waals surface area contributed by atoms with Gasteiger partial charge in [-0.15, -0.1) is 11.6 Å². The van der Waals surface area contributed by atoms with Gasteiger partial charge in [0.05, 0.1) is 5.71 Å². The molecule has 100 valence electrons. The first-order valence-electron chi connectivity index (χ1n) is 5.69. The van der Waals surface area contributed by atoms with Crippen LogP contribution < -0.4 is 5.63 Å². The molecular weight excluding hydrogens is 258 g/mol. The molecule has 0 spiro atoms. The van der Waals surface area contributed by atoms with E-state index >= 15 is 0 Å². The van der Waals surface area contributed by atoms with E-state index in [2.05, 4.69) is 5.16 Å². The van der Waals surface area contributed by atoms with Crippen molar-refractivity contribution in [1.82, 2.24) is 0 Å². The Labute approximate surface area is 110 Å². The molecule has 1 aromatic heterocycles. The summed E-state index contributed by atoms with van der Waals surface area (Å²) in [6, 6.07) is 1.37. The van der Waals surface area contributed by atoms with Gasteiger partial charge < -0.3 is 14.4 Å². The molecule has 0 radical (unpaired) electrons. The lowest BCUT2D eigenvalue weighted by Crippen LogP contribution is -2.16. The summed E-state index contributed by atoms with van der Waals surface area (Å²) in [6.45, 7) is 3.74. The summed E-state index contributed by atoms with van der Waals surface area (Å²) < 4.78 is 4.95. The van der Waals surface area contributed by atoms with Crippen molar-refractivity contribution in [1.29, 1.82) is 0 Å². The van der Waals surface area contributed by atoms with Crippen LogP contribution in [0.25, 0.3) is 0 Å². The van der Waals surface area contributed by atoms with Gasteiger partial charge in [0.1, 0.15) is 23.7 Å². The Morgan fingerprint density at radius 1 is 1.61 bits per heavy atom. The molecule has 1 rings (SSSR count). The Hall–Kier alpha value is -1.49. The molecule has 1 heterocycles. The Morgan fingerprint density at radius 3 is 2.89 bits per heavy atom. The number of alkyl halides is 1. The third-order valence-electron chi connectivity index (χ3n) is 2.19. The maximum absolute atomic E-state index is 11.7. The Balaban J connectivity index is 3.16. The molecule has 0 unspecified atom stereocenters. The molecule has 0 aromatic carbocycles. The van der Waals surface area contributed by atoms with Gasteiger partial charge in [-0.2, -0.15) is 0 Å². The second-order valence-electron chi connectivity index (χ2n) is 3.65. The lowest BCUT2D eigenvalue weighted by Gasteiger charge is -2.06. The van der Waals surface area contributed by atoms with Crippen LogP contribution in [0, 0.1) is 6.92 Å². The maximum Gasteiger partial charge on any atom is 0.349 e. The monoisotopic (exact) mass is 273 g/mol. The molecule has 0 aliphatic rings. The largest absolute Gasteiger partial charge is 0.507 e. The third-order valence-corrected chi connectivity index (χ3v) is 2.46. The van der Waals surface area contributed by atoms with E-state index in [1.165, 1.54) is 6.07 Å². The smallest absolute Gasteiger partial charge is 0.349 e. The highest BCUT2D eigenvalue weighted by molar-refractivity contribution is 6.18. The van der Waals surface area contributed by atoms with E-state index in [1.807, 2.05) is 0 Å². The van der Waals surface area contributed by atoms with Crippen molar-refractivity contribution in [2.45, 2.75) is 26.7 Å². The van der Waals surface area contributed by atoms with E-state index in [9.17, 15) is 9.90 Å². The van der Waals surface area contributed by atoms with Gasteiger partial charge in [0.25, 0.3) is 0 Å². The second-order valence-corrected chi connectivity index (χ2v) is 4.03. The summed E-state index contributed by atoms with van der Waals surface area (Å²) in [6.07, 6.45) is 1.06. The predicted octanol–water partition coefficient (Wildman–Crippen LogP) is 2.41. The topological polar surface area (TPSA) is 72.0 Å². The molecular formula is C12H16ClNO4. The average Bonchev–Trinajstić information content (AvgIpc) is 2.30. The molecule has 0 saturated heterocycles. The summed E-state index contributed by atoms with van der Waals surface area (Å²) in [4.78, 5) is 16.7. The molecule has 0 saturated carbocycles. The maximum atomic E-state index is 11.7. The molecule has 1 N–H and O–H groups in total. The van der Waals surface area contributed by atoms with Crippen LogP contribution in [0.2, 0.25) is 0 Å². The summed E-state index contributed by atoms with van der Waals surface area (Å²) >= 11 is 5.61. The standard InChI is InChI=1S/C12H16ClNO4/c1-3-17-14-9(5-4-6-13)11-10(15)7-8(2)18-12(11)16/h7,15H,3-6H2,1-2H3. The number of hydrogen-bond acceptors (Lipinski definition) is 5. The molecule has 0 atom stereocenters. The lowest BCUT2D eigenvalue weighted by atomic mass is 10.1. The zero-order valence-electron chi connectivity index (χ0n) is 10.4. The Kier molecular flexibility index (Phi) is 5.71. The summed E-state index contributed by atoms with van der Waals surface area (Å²) in [5.41, 5.74) is -0.233. The molecule has 18 heavy (non-hydrogen) atoms. The van der Waals surface area contributed by atoms with E-state index in [0.29, 0.717) is 36.8 Å². The minimum Gasteiger partial charge on any atom is -0.507 e. The van der Waals surface area contributed by atoms with Gasteiger partial charge in [-0.25, -0.2) is 4.79 Å². The molecule has 5 nitrogen and oxygen atoms in total. The number of rotatable bonds is 6. The van der Waals surface area contributed by atoms with Crippen molar-refractivity contribution in [2.75, 3.05) is 12.5 Å². The van der Waals surface area contributed by atoms with E-state index in [1.54, 1.807) is 13.8 Å². The second kappa shape index (κ2) is 7.06. The van der Waals surface area contributed by atoms with Gasteiger partial charge in [0.15, 0.2) is 0 Å². The van der Waals surface area contributed by atoms with Crippen molar-refractivity contribution < 1.29 is 14.4 Å². The van der Waals surface area contributed by atoms with Crippen molar-refractivity contribution in [3.8, 4) is 5.75 Å². The highest BCUT2D eigenvalue weighted by atomic mass is 35.5. The van der Waals surface area contributed by atoms with Crippen LogP contribution in [0.4, 0.5) is 0 Å². The van der Waals surface area contributed by atoms with Crippen LogP contribution >= 0.6 is 11.6 Å². The van der Waals surface area contributed by atoms with Gasteiger partial charge in [-0.1, -0.05) is 5.16 Å². The molecule has 0 aliphatic heterocycles. The van der Waals surface area contributed by atoms with Crippen molar-refractivity contribution in [3.63, 3.8) is 0 Å². The number of oxime groups is 1. The number of aryl methyl sites for hydroxylation is 1. The van der Waals surface area contributed by atoms with Crippen molar-refractivity contribution in [2.24, 2.45) is 5.16 Å². The number of hydrogen-bond donors (Lipinski definition) is 1. The van der Waals surface area contributed by atoms with Crippen LogP contribution in [-0.4, -0.2) is 23.3 Å². The average molecular weight is 274 g/mol. The fourth-order valence-corrected chi connectivity index (χ4v) is 1.59. The van der Waals surface area contributed by atoms with E-state index in [-0.39, 0.29) is 11.3 Å². The van der Waals surface area contributed by atoms with Gasteiger partial charge >= 0.3 is 5.63 Å². The number of nitrogens with zero attached hydrogens (tertiary/aromatic N) is 1. The van der Waals surface area contributed by atoms with Gasteiger partial charge in [0.2, 0.25) is 0 Å². The molecule has 6 heteroatoms. The third kappa shape index (κ3) is 3.77. The quantitative estimate of drug-likeness (QED) is 0.491. The number of halogens is 1. The predicted molar refractivity (Wildman–Crippen MR) is 69.5 cm³/mol. The molecule has 0 amide bonds. The summed E-state index contributed by atoms with van der Waals surface area (Å²) in [5.74, 6) is 0.620. The van der Waals surface area contributed by atoms with E-state index in [0.717, 1.165) is 0 Å². The zero-order chi connectivity index (χ0) is 13.5. The normalized spacial score (nSPS) is 11.6.